The summed E-state index contributed by atoms with van der Waals surface area (Å²) >= 11 is 3.52. The van der Waals surface area contributed by atoms with E-state index in [1.165, 1.54) is 5.56 Å². The van der Waals surface area contributed by atoms with Crippen molar-refractivity contribution in [2.45, 2.75) is 26.8 Å². The average Bonchev–Trinajstić information content (AvgIpc) is 2.40. The van der Waals surface area contributed by atoms with Crippen molar-refractivity contribution in [3.63, 3.8) is 0 Å². The fraction of sp³-hybridized carbons (Fsp3) is 0.294. The minimum atomic E-state index is -0.120. The first-order chi connectivity index (χ1) is 9.43. The third-order valence-corrected chi connectivity index (χ3v) is 4.48. The highest BCUT2D eigenvalue weighted by Gasteiger charge is 2.13. The fourth-order valence-electron chi connectivity index (χ4n) is 2.54. The fourth-order valence-corrected chi connectivity index (χ4v) is 2.79. The molecule has 2 nitrogen and oxygen atoms in total. The molecule has 0 saturated carbocycles. The lowest BCUT2D eigenvalue weighted by molar-refractivity contribution is 0.408. The van der Waals surface area contributed by atoms with Crippen LogP contribution in [0.3, 0.4) is 0 Å². The van der Waals surface area contributed by atoms with E-state index in [0.717, 1.165) is 32.5 Å². The van der Waals surface area contributed by atoms with Crippen LogP contribution in [-0.2, 0) is 0 Å². The van der Waals surface area contributed by atoms with Gasteiger partial charge in [0.2, 0.25) is 0 Å². The Morgan fingerprint density at radius 3 is 2.00 bits per heavy atom. The molecule has 0 radical (unpaired) electrons. The van der Waals surface area contributed by atoms with Crippen molar-refractivity contribution in [3.05, 3.63) is 62.6 Å². The van der Waals surface area contributed by atoms with Crippen LogP contribution in [0.15, 0.2) is 34.8 Å². The van der Waals surface area contributed by atoms with Crippen LogP contribution in [-0.4, -0.2) is 7.11 Å². The molecular weight excluding hydrogens is 314 g/mol. The molecule has 0 aliphatic rings. The molecule has 106 valence electrons. The molecule has 0 aliphatic heterocycles. The summed E-state index contributed by atoms with van der Waals surface area (Å²) in [5.41, 5.74) is 12.1. The number of ether oxygens (including phenoxy) is 1. The minimum absolute atomic E-state index is 0.120. The highest BCUT2D eigenvalue weighted by molar-refractivity contribution is 9.10. The summed E-state index contributed by atoms with van der Waals surface area (Å²) in [5, 5.41) is 0. The van der Waals surface area contributed by atoms with Gasteiger partial charge in [-0.15, -0.1) is 0 Å². The van der Waals surface area contributed by atoms with E-state index in [4.69, 9.17) is 10.5 Å². The van der Waals surface area contributed by atoms with E-state index in [2.05, 4.69) is 61.0 Å². The highest BCUT2D eigenvalue weighted by Crippen LogP contribution is 2.30. The van der Waals surface area contributed by atoms with E-state index in [1.807, 2.05) is 6.07 Å². The Hall–Kier alpha value is -1.32. The van der Waals surface area contributed by atoms with Gasteiger partial charge in [0.05, 0.1) is 13.2 Å². The first-order valence-electron chi connectivity index (χ1n) is 6.60. The van der Waals surface area contributed by atoms with Gasteiger partial charge in [-0.05, 0) is 54.7 Å². The number of methoxy groups -OCH3 is 1. The predicted molar refractivity (Wildman–Crippen MR) is 87.4 cm³/mol. The summed E-state index contributed by atoms with van der Waals surface area (Å²) < 4.78 is 6.51. The maximum Gasteiger partial charge on any atom is 0.124 e. The second kappa shape index (κ2) is 5.98. The molecular formula is C17H20BrNO. The van der Waals surface area contributed by atoms with Gasteiger partial charge in [-0.1, -0.05) is 40.2 Å². The van der Waals surface area contributed by atoms with Crippen molar-refractivity contribution < 1.29 is 4.74 Å². The lowest BCUT2D eigenvalue weighted by atomic mass is 9.95. The van der Waals surface area contributed by atoms with Crippen LogP contribution < -0.4 is 10.5 Å². The SMILES string of the molecule is COc1c(C)cc(C(N)c2ccc(Br)c(C)c2)cc1C. The van der Waals surface area contributed by atoms with Crippen molar-refractivity contribution in [1.82, 2.24) is 0 Å². The third-order valence-electron chi connectivity index (χ3n) is 3.59. The number of halogens is 1. The van der Waals surface area contributed by atoms with Gasteiger partial charge in [0.15, 0.2) is 0 Å². The van der Waals surface area contributed by atoms with Crippen molar-refractivity contribution in [2.24, 2.45) is 5.73 Å². The number of rotatable bonds is 3. The van der Waals surface area contributed by atoms with Crippen LogP contribution >= 0.6 is 15.9 Å². The largest absolute Gasteiger partial charge is 0.496 e. The Morgan fingerprint density at radius 1 is 0.950 bits per heavy atom. The summed E-state index contributed by atoms with van der Waals surface area (Å²) in [6.45, 7) is 6.18. The first-order valence-corrected chi connectivity index (χ1v) is 7.40. The second-order valence-electron chi connectivity index (χ2n) is 5.17. The van der Waals surface area contributed by atoms with Gasteiger partial charge in [-0.25, -0.2) is 0 Å². The number of hydrogen-bond donors (Lipinski definition) is 1. The van der Waals surface area contributed by atoms with E-state index < -0.39 is 0 Å². The number of hydrogen-bond acceptors (Lipinski definition) is 2. The predicted octanol–water partition coefficient (Wildman–Crippen LogP) is 4.43. The quantitative estimate of drug-likeness (QED) is 0.901. The lowest BCUT2D eigenvalue weighted by Crippen LogP contribution is -2.13. The molecule has 0 bridgehead atoms. The van der Waals surface area contributed by atoms with Crippen LogP contribution in [0.25, 0.3) is 0 Å². The maximum atomic E-state index is 6.41. The Labute approximate surface area is 129 Å². The lowest BCUT2D eigenvalue weighted by Gasteiger charge is -2.17. The van der Waals surface area contributed by atoms with Gasteiger partial charge in [0.1, 0.15) is 5.75 Å². The zero-order valence-corrected chi connectivity index (χ0v) is 13.9. The van der Waals surface area contributed by atoms with E-state index >= 15 is 0 Å². The average molecular weight is 334 g/mol. The Morgan fingerprint density at radius 2 is 1.50 bits per heavy atom. The highest BCUT2D eigenvalue weighted by atomic mass is 79.9. The Balaban J connectivity index is 2.42. The van der Waals surface area contributed by atoms with E-state index in [-0.39, 0.29) is 6.04 Å². The maximum absolute atomic E-state index is 6.41. The molecule has 0 amide bonds. The van der Waals surface area contributed by atoms with Crippen LogP contribution in [0, 0.1) is 20.8 Å². The summed E-state index contributed by atoms with van der Waals surface area (Å²) in [6.07, 6.45) is 0. The van der Waals surface area contributed by atoms with Gasteiger partial charge >= 0.3 is 0 Å². The molecule has 2 aromatic rings. The van der Waals surface area contributed by atoms with Gasteiger partial charge in [0.25, 0.3) is 0 Å². The van der Waals surface area contributed by atoms with Crippen molar-refractivity contribution in [3.8, 4) is 5.75 Å². The molecule has 0 spiro atoms. The van der Waals surface area contributed by atoms with Crippen LogP contribution in [0.5, 0.6) is 5.75 Å². The van der Waals surface area contributed by atoms with Crippen LogP contribution in [0.1, 0.15) is 33.9 Å². The van der Waals surface area contributed by atoms with E-state index in [9.17, 15) is 0 Å². The zero-order chi connectivity index (χ0) is 14.9. The number of benzene rings is 2. The molecule has 0 fully saturated rings. The monoisotopic (exact) mass is 333 g/mol. The van der Waals surface area contributed by atoms with E-state index in [0.29, 0.717) is 0 Å². The summed E-state index contributed by atoms with van der Waals surface area (Å²) in [5.74, 6) is 0.938. The van der Waals surface area contributed by atoms with Crippen LogP contribution in [0.4, 0.5) is 0 Å². The molecule has 1 atom stereocenters. The van der Waals surface area contributed by atoms with Gasteiger partial charge in [-0.3, -0.25) is 0 Å². The summed E-state index contributed by atoms with van der Waals surface area (Å²) in [4.78, 5) is 0. The molecule has 2 rings (SSSR count). The van der Waals surface area contributed by atoms with Gasteiger partial charge in [0, 0.05) is 4.47 Å². The molecule has 0 saturated heterocycles. The molecule has 0 heterocycles. The first kappa shape index (κ1) is 15.1. The van der Waals surface area contributed by atoms with Crippen molar-refractivity contribution >= 4 is 15.9 Å². The topological polar surface area (TPSA) is 35.2 Å². The van der Waals surface area contributed by atoms with Crippen LogP contribution in [0.2, 0.25) is 0 Å². The summed E-state index contributed by atoms with van der Waals surface area (Å²) in [6, 6.07) is 10.3. The van der Waals surface area contributed by atoms with Gasteiger partial charge < -0.3 is 10.5 Å². The molecule has 2 aromatic carbocycles. The Kier molecular flexibility index (Phi) is 4.51. The molecule has 20 heavy (non-hydrogen) atoms. The molecule has 2 N–H and O–H groups in total. The Bertz CT molecular complexity index is 614. The molecule has 3 heteroatoms. The third kappa shape index (κ3) is 2.89. The normalized spacial score (nSPS) is 12.3. The number of nitrogens with two attached hydrogens (primary N) is 1. The smallest absolute Gasteiger partial charge is 0.124 e. The number of aryl methyl sites for hydroxylation is 3. The minimum Gasteiger partial charge on any atom is -0.496 e. The molecule has 0 aliphatic carbocycles. The molecule has 0 aromatic heterocycles. The summed E-state index contributed by atoms with van der Waals surface area (Å²) in [7, 11) is 1.70. The van der Waals surface area contributed by atoms with Gasteiger partial charge in [-0.2, -0.15) is 0 Å². The van der Waals surface area contributed by atoms with E-state index in [1.54, 1.807) is 7.11 Å². The molecule has 1 unspecified atom stereocenters. The standard InChI is InChI=1S/C17H20BrNO/c1-10-7-13(5-6-15(10)18)16(19)14-8-11(2)17(20-4)12(3)9-14/h5-9,16H,19H2,1-4H3. The second-order valence-corrected chi connectivity index (χ2v) is 6.03. The zero-order valence-electron chi connectivity index (χ0n) is 12.3. The van der Waals surface area contributed by atoms with Crippen molar-refractivity contribution in [1.29, 1.82) is 0 Å². The van der Waals surface area contributed by atoms with Crippen molar-refractivity contribution in [2.75, 3.05) is 7.11 Å².